The number of primary amides is 3. The lowest BCUT2D eigenvalue weighted by Crippen LogP contribution is -2.54. The van der Waals surface area contributed by atoms with Gasteiger partial charge in [0.15, 0.2) is 0 Å². The Labute approximate surface area is 216 Å². The van der Waals surface area contributed by atoms with Crippen molar-refractivity contribution in [2.24, 2.45) is 29.0 Å². The van der Waals surface area contributed by atoms with E-state index in [-0.39, 0.29) is 18.6 Å². The second kappa shape index (κ2) is 12.5. The Balaban J connectivity index is 2.23. The molecule has 6 amide bonds. The van der Waals surface area contributed by atoms with Crippen molar-refractivity contribution in [1.29, 1.82) is 0 Å². The van der Waals surface area contributed by atoms with Gasteiger partial charge in [0, 0.05) is 19.4 Å². The van der Waals surface area contributed by atoms with Crippen LogP contribution in [0.3, 0.4) is 0 Å². The smallest absolute Gasteiger partial charge is 0.404 e. The summed E-state index contributed by atoms with van der Waals surface area (Å²) < 4.78 is 15.5. The molecule has 0 aromatic heterocycles. The Hall–Kier alpha value is -4.01. The van der Waals surface area contributed by atoms with Crippen LogP contribution in [-0.4, -0.2) is 64.4 Å². The van der Waals surface area contributed by atoms with Crippen LogP contribution in [0.1, 0.15) is 30.7 Å². The van der Waals surface area contributed by atoms with Gasteiger partial charge in [-0.1, -0.05) is 12.1 Å². The van der Waals surface area contributed by atoms with E-state index < -0.39 is 79.5 Å². The van der Waals surface area contributed by atoms with Crippen LogP contribution < -0.4 is 37.7 Å². The van der Waals surface area contributed by atoms with Crippen molar-refractivity contribution in [1.82, 2.24) is 16.0 Å². The second-order valence-electron chi connectivity index (χ2n) is 8.54. The van der Waals surface area contributed by atoms with Gasteiger partial charge in [0.05, 0.1) is 18.3 Å². The molecule has 1 fully saturated rings. The number of benzene rings is 1. The zero-order chi connectivity index (χ0) is 28.8. The van der Waals surface area contributed by atoms with Gasteiger partial charge >= 0.3 is 7.82 Å². The van der Waals surface area contributed by atoms with Gasteiger partial charge in [-0.3, -0.25) is 38.6 Å². The van der Waals surface area contributed by atoms with Crippen LogP contribution in [0.2, 0.25) is 0 Å². The maximum atomic E-state index is 13.2. The molecule has 16 nitrogen and oxygen atoms in total. The van der Waals surface area contributed by atoms with E-state index in [1.807, 2.05) is 0 Å². The van der Waals surface area contributed by atoms with Crippen LogP contribution >= 0.6 is 7.82 Å². The maximum absolute atomic E-state index is 13.2. The van der Waals surface area contributed by atoms with Crippen molar-refractivity contribution in [2.45, 2.75) is 37.3 Å². The largest absolute Gasteiger partial charge is 0.524 e. The zero-order valence-corrected chi connectivity index (χ0v) is 21.1. The minimum Gasteiger partial charge on any atom is -0.404 e. The highest BCUT2D eigenvalue weighted by Crippen LogP contribution is 2.54. The van der Waals surface area contributed by atoms with Crippen LogP contribution in [0.15, 0.2) is 24.3 Å². The summed E-state index contributed by atoms with van der Waals surface area (Å²) >= 11 is 0. The van der Waals surface area contributed by atoms with Crippen LogP contribution in [0.25, 0.3) is 0 Å². The van der Waals surface area contributed by atoms with Crippen molar-refractivity contribution >= 4 is 43.3 Å². The molecule has 0 aliphatic heterocycles. The molecule has 1 aliphatic carbocycles. The maximum Gasteiger partial charge on any atom is 0.524 e. The summed E-state index contributed by atoms with van der Waals surface area (Å²) in [7, 11) is -3.42. The highest BCUT2D eigenvalue weighted by Gasteiger charge is 2.59. The average Bonchev–Trinajstić information content (AvgIpc) is 3.55. The quantitative estimate of drug-likeness (QED) is 0.106. The van der Waals surface area contributed by atoms with Crippen molar-refractivity contribution in [3.63, 3.8) is 0 Å². The molecule has 208 valence electrons. The third kappa shape index (κ3) is 8.54. The lowest BCUT2D eigenvalue weighted by molar-refractivity contribution is -0.133. The number of rotatable bonds is 14. The van der Waals surface area contributed by atoms with E-state index in [1.165, 1.54) is 31.3 Å². The van der Waals surface area contributed by atoms with E-state index in [2.05, 4.69) is 20.5 Å². The van der Waals surface area contributed by atoms with Crippen LogP contribution in [0.5, 0.6) is 5.75 Å². The molecule has 38 heavy (non-hydrogen) atoms. The molecular formula is C21H29N6O10P. The molecule has 5 atom stereocenters. The summed E-state index contributed by atoms with van der Waals surface area (Å²) in [6, 6.07) is 2.53. The Morgan fingerprint density at radius 2 is 1.50 bits per heavy atom. The molecule has 0 radical (unpaired) electrons. The highest BCUT2D eigenvalue weighted by molar-refractivity contribution is 7.46. The molecule has 1 saturated carbocycles. The number of phosphoric ester groups is 1. The fraction of sp³-hybridized carbons (Fsp3) is 0.429. The van der Waals surface area contributed by atoms with E-state index >= 15 is 0 Å². The normalized spacial score (nSPS) is 19.8. The standard InChI is InChI=1S/C21H29N6O10P/c1-25-20(32)16-15(9-2-4-10(5-3-9)37-38(34,35)36)17(16)21(33)26-11(6-7-13(22)28)19(31)27-12(18(24)30)8-14(23)29/h2-5,11-12,15-17H,6-8H2,1H3,(H2,22,28)(H2,23,29)(H2,24,30)(H,25,32)(H,26,33)(H,27,31)(H2,34,35,36)/t11-,12-,15-,16+,17+/m0/s1. The fourth-order valence-corrected chi connectivity index (χ4v) is 4.35. The lowest BCUT2D eigenvalue weighted by Gasteiger charge is -2.21. The summed E-state index contributed by atoms with van der Waals surface area (Å²) in [6.45, 7) is 0. The van der Waals surface area contributed by atoms with Gasteiger partial charge < -0.3 is 37.7 Å². The number of amides is 6. The van der Waals surface area contributed by atoms with Gasteiger partial charge in [0.25, 0.3) is 0 Å². The van der Waals surface area contributed by atoms with Crippen molar-refractivity contribution < 1.29 is 47.6 Å². The minimum absolute atomic E-state index is 0.136. The molecule has 0 saturated heterocycles. The average molecular weight is 556 g/mol. The van der Waals surface area contributed by atoms with Gasteiger partial charge in [0.1, 0.15) is 17.8 Å². The molecule has 1 aliphatic rings. The third-order valence-corrected chi connectivity index (χ3v) is 6.19. The molecule has 0 spiro atoms. The Kier molecular flexibility index (Phi) is 9.93. The van der Waals surface area contributed by atoms with E-state index in [0.717, 1.165) is 0 Å². The first-order valence-electron chi connectivity index (χ1n) is 11.2. The van der Waals surface area contributed by atoms with E-state index in [0.29, 0.717) is 5.56 Å². The first kappa shape index (κ1) is 30.2. The van der Waals surface area contributed by atoms with Gasteiger partial charge in [-0.15, -0.1) is 0 Å². The number of carbonyl (C=O) groups is 6. The third-order valence-electron chi connectivity index (χ3n) is 5.74. The SMILES string of the molecule is CNC(=O)[C@H]1[C@H](C(=O)N[C@@H](CCC(N)=O)C(=O)N[C@@H](CC(N)=O)C(N)=O)[C@H]1c1ccc(OP(=O)(O)O)cc1. The highest BCUT2D eigenvalue weighted by atomic mass is 31.2. The van der Waals surface area contributed by atoms with E-state index in [4.69, 9.17) is 27.0 Å². The Morgan fingerprint density at radius 1 is 0.921 bits per heavy atom. The van der Waals surface area contributed by atoms with Gasteiger partial charge in [-0.25, -0.2) is 4.57 Å². The van der Waals surface area contributed by atoms with E-state index in [1.54, 1.807) is 0 Å². The summed E-state index contributed by atoms with van der Waals surface area (Å²) in [6.07, 6.45) is -1.17. The Morgan fingerprint density at radius 3 is 1.97 bits per heavy atom. The molecule has 2 rings (SSSR count). The number of hydrogen-bond donors (Lipinski definition) is 8. The topological polar surface area (TPSA) is 283 Å². The number of hydrogen-bond acceptors (Lipinski definition) is 8. The van der Waals surface area contributed by atoms with Crippen LogP contribution in [-0.2, 0) is 33.3 Å². The monoisotopic (exact) mass is 556 g/mol. The van der Waals surface area contributed by atoms with Crippen molar-refractivity contribution in [2.75, 3.05) is 7.05 Å². The molecule has 1 aromatic carbocycles. The molecular weight excluding hydrogens is 527 g/mol. The summed E-state index contributed by atoms with van der Waals surface area (Å²) in [4.78, 5) is 90.3. The molecule has 1 aromatic rings. The molecule has 0 unspecified atom stereocenters. The van der Waals surface area contributed by atoms with Crippen LogP contribution in [0.4, 0.5) is 0 Å². The minimum atomic E-state index is -4.79. The van der Waals surface area contributed by atoms with Crippen molar-refractivity contribution in [3.8, 4) is 5.75 Å². The summed E-state index contributed by atoms with van der Waals surface area (Å²) in [5.41, 5.74) is 15.9. The number of nitrogens with two attached hydrogens (primary N) is 3. The van der Waals surface area contributed by atoms with Gasteiger partial charge in [-0.2, -0.15) is 0 Å². The molecule has 11 N–H and O–H groups in total. The predicted octanol–water partition coefficient (Wildman–Crippen LogP) is -3.17. The first-order valence-corrected chi connectivity index (χ1v) is 12.7. The molecule has 0 heterocycles. The number of carbonyl (C=O) groups excluding carboxylic acids is 6. The summed E-state index contributed by atoms with van der Waals surface area (Å²) in [5.74, 6) is -7.47. The lowest BCUT2D eigenvalue weighted by atomic mass is 10.1. The zero-order valence-electron chi connectivity index (χ0n) is 20.2. The van der Waals surface area contributed by atoms with E-state index in [9.17, 15) is 33.3 Å². The second-order valence-corrected chi connectivity index (χ2v) is 9.71. The van der Waals surface area contributed by atoms with Gasteiger partial charge in [-0.05, 0) is 24.1 Å². The molecule has 17 heteroatoms. The summed E-state index contributed by atoms with van der Waals surface area (Å²) in [5, 5.41) is 7.10. The van der Waals surface area contributed by atoms with Crippen LogP contribution in [0, 0.1) is 11.8 Å². The predicted molar refractivity (Wildman–Crippen MR) is 128 cm³/mol. The fourth-order valence-electron chi connectivity index (χ4n) is 3.95. The van der Waals surface area contributed by atoms with Gasteiger partial charge in [0.2, 0.25) is 35.4 Å². The first-order chi connectivity index (χ1) is 17.6. The number of phosphoric acid groups is 1. The van der Waals surface area contributed by atoms with Crippen molar-refractivity contribution in [3.05, 3.63) is 29.8 Å². The molecule has 0 bridgehead atoms. The Bertz CT molecular complexity index is 1150. The number of nitrogens with one attached hydrogen (secondary N) is 3.